The molecule has 0 aromatic carbocycles. The number of hydrogen-bond acceptors (Lipinski definition) is 4. The molecule has 0 aliphatic carbocycles. The molecular formula is C11H9N3O2. The minimum Gasteiger partial charge on any atom is -0.309 e. The van der Waals surface area contributed by atoms with Gasteiger partial charge in [0.25, 0.3) is 5.91 Å². The van der Waals surface area contributed by atoms with Crippen molar-refractivity contribution in [3.05, 3.63) is 48.6 Å². The minimum atomic E-state index is -0.510. The van der Waals surface area contributed by atoms with E-state index in [9.17, 15) is 9.59 Å². The number of rotatable bonds is 2. The highest BCUT2D eigenvalue weighted by Crippen LogP contribution is 2.15. The predicted molar refractivity (Wildman–Crippen MR) is 59.0 cm³/mol. The van der Waals surface area contributed by atoms with Crippen LogP contribution in [-0.2, 0) is 9.59 Å². The van der Waals surface area contributed by atoms with Gasteiger partial charge in [-0.05, 0) is 18.2 Å². The number of imide groups is 1. The van der Waals surface area contributed by atoms with Crippen LogP contribution in [0.3, 0.4) is 0 Å². The van der Waals surface area contributed by atoms with Crippen LogP contribution in [0.1, 0.15) is 0 Å². The fraction of sp³-hybridized carbons (Fsp3) is 0. The van der Waals surface area contributed by atoms with Gasteiger partial charge < -0.3 is 4.90 Å². The summed E-state index contributed by atoms with van der Waals surface area (Å²) < 4.78 is 0. The van der Waals surface area contributed by atoms with Crippen LogP contribution < -0.4 is 5.32 Å². The molecule has 80 valence electrons. The Morgan fingerprint density at radius 1 is 1.31 bits per heavy atom. The van der Waals surface area contributed by atoms with Gasteiger partial charge in [0.1, 0.15) is 11.5 Å². The fourth-order valence-electron chi connectivity index (χ4n) is 1.30. The molecule has 2 heterocycles. The topological polar surface area (TPSA) is 61.8 Å². The van der Waals surface area contributed by atoms with Crippen LogP contribution in [0.2, 0.25) is 0 Å². The first kappa shape index (κ1) is 10.1. The standard InChI is InChI=1S/C11H9N3O2/c15-8-12-11(16)9-5-7-14-6-3-1-2-4-10(14)13-9/h1-8H,(H,12,15,16). The van der Waals surface area contributed by atoms with Crippen molar-refractivity contribution in [2.24, 2.45) is 4.99 Å². The molecule has 0 radical (unpaired) electrons. The van der Waals surface area contributed by atoms with Crippen LogP contribution in [0.4, 0.5) is 0 Å². The quantitative estimate of drug-likeness (QED) is 0.680. The molecular weight excluding hydrogens is 206 g/mol. The van der Waals surface area contributed by atoms with Gasteiger partial charge in [-0.2, -0.15) is 0 Å². The maximum absolute atomic E-state index is 11.4. The Kier molecular flexibility index (Phi) is 2.77. The van der Waals surface area contributed by atoms with Gasteiger partial charge in [-0.15, -0.1) is 0 Å². The van der Waals surface area contributed by atoms with E-state index in [1.807, 2.05) is 29.7 Å². The number of fused-ring (bicyclic) bond motifs is 1. The molecule has 2 aliphatic rings. The second-order valence-corrected chi connectivity index (χ2v) is 3.06. The molecule has 0 aromatic heterocycles. The van der Waals surface area contributed by atoms with Crippen molar-refractivity contribution in [3.8, 4) is 0 Å². The summed E-state index contributed by atoms with van der Waals surface area (Å²) in [7, 11) is 0. The van der Waals surface area contributed by atoms with Crippen LogP contribution in [-0.4, -0.2) is 22.9 Å². The normalized spacial score (nSPS) is 17.1. The Balaban J connectivity index is 2.26. The van der Waals surface area contributed by atoms with Crippen molar-refractivity contribution >= 4 is 18.0 Å². The summed E-state index contributed by atoms with van der Waals surface area (Å²) in [6.07, 6.45) is 12.7. The Morgan fingerprint density at radius 3 is 3.00 bits per heavy atom. The molecule has 0 aromatic rings. The van der Waals surface area contributed by atoms with E-state index in [-0.39, 0.29) is 5.71 Å². The van der Waals surface area contributed by atoms with E-state index in [1.54, 1.807) is 23.3 Å². The van der Waals surface area contributed by atoms with Gasteiger partial charge in [-0.3, -0.25) is 14.9 Å². The van der Waals surface area contributed by atoms with Gasteiger partial charge >= 0.3 is 0 Å². The smallest absolute Gasteiger partial charge is 0.276 e. The van der Waals surface area contributed by atoms with Crippen molar-refractivity contribution in [2.45, 2.75) is 0 Å². The highest BCUT2D eigenvalue weighted by atomic mass is 16.2. The number of carbonyl (C=O) groups excluding carboxylic acids is 2. The molecule has 5 heteroatoms. The first-order valence-electron chi connectivity index (χ1n) is 4.66. The summed E-state index contributed by atoms with van der Waals surface area (Å²) in [5, 5.41) is 2.04. The molecule has 0 spiro atoms. The van der Waals surface area contributed by atoms with Gasteiger partial charge in [0.15, 0.2) is 0 Å². The third-order valence-electron chi connectivity index (χ3n) is 2.03. The molecule has 2 rings (SSSR count). The fourth-order valence-corrected chi connectivity index (χ4v) is 1.30. The van der Waals surface area contributed by atoms with Gasteiger partial charge in [-0.25, -0.2) is 4.99 Å². The molecule has 0 saturated carbocycles. The third-order valence-corrected chi connectivity index (χ3v) is 2.03. The van der Waals surface area contributed by atoms with E-state index in [2.05, 4.69) is 4.99 Å². The molecule has 0 saturated heterocycles. The van der Waals surface area contributed by atoms with Crippen LogP contribution in [0.5, 0.6) is 0 Å². The average Bonchev–Trinajstić information content (AvgIpc) is 2.53. The largest absolute Gasteiger partial charge is 0.309 e. The van der Waals surface area contributed by atoms with E-state index in [0.29, 0.717) is 12.2 Å². The van der Waals surface area contributed by atoms with E-state index in [4.69, 9.17) is 0 Å². The maximum atomic E-state index is 11.4. The van der Waals surface area contributed by atoms with Crippen molar-refractivity contribution in [2.75, 3.05) is 0 Å². The summed E-state index contributed by atoms with van der Waals surface area (Å²) >= 11 is 0. The Bertz CT molecular complexity index is 470. The van der Waals surface area contributed by atoms with Crippen molar-refractivity contribution in [1.29, 1.82) is 0 Å². The van der Waals surface area contributed by atoms with E-state index in [1.165, 1.54) is 0 Å². The maximum Gasteiger partial charge on any atom is 0.276 e. The molecule has 0 fully saturated rings. The summed E-state index contributed by atoms with van der Waals surface area (Å²) in [6, 6.07) is 0. The highest BCUT2D eigenvalue weighted by Gasteiger charge is 2.15. The summed E-state index contributed by atoms with van der Waals surface area (Å²) in [4.78, 5) is 27.4. The molecule has 0 unspecified atom stereocenters. The Labute approximate surface area is 92.1 Å². The number of allylic oxidation sites excluding steroid dienone is 4. The van der Waals surface area contributed by atoms with E-state index in [0.717, 1.165) is 0 Å². The molecule has 5 nitrogen and oxygen atoms in total. The van der Waals surface area contributed by atoms with E-state index >= 15 is 0 Å². The lowest BCUT2D eigenvalue weighted by atomic mass is 10.3. The van der Waals surface area contributed by atoms with Crippen molar-refractivity contribution < 1.29 is 9.59 Å². The first-order valence-corrected chi connectivity index (χ1v) is 4.66. The number of aliphatic imine (C=N–C) groups is 1. The first-order chi connectivity index (χ1) is 7.81. The van der Waals surface area contributed by atoms with Gasteiger partial charge in [0, 0.05) is 12.4 Å². The van der Waals surface area contributed by atoms with Gasteiger partial charge in [0.2, 0.25) is 6.41 Å². The van der Waals surface area contributed by atoms with Crippen LogP contribution in [0.25, 0.3) is 0 Å². The zero-order valence-corrected chi connectivity index (χ0v) is 8.33. The number of amides is 2. The third kappa shape index (κ3) is 1.98. The van der Waals surface area contributed by atoms with Crippen molar-refractivity contribution in [1.82, 2.24) is 10.2 Å². The SMILES string of the molecule is O=CNC(=O)C1=NC2=CC=CC=CN2C=C1. The molecule has 2 aliphatic heterocycles. The summed E-state index contributed by atoms with van der Waals surface area (Å²) in [5.74, 6) is 0.118. The number of nitrogens with zero attached hydrogens (tertiary/aromatic N) is 2. The van der Waals surface area contributed by atoms with Gasteiger partial charge in [0.05, 0.1) is 0 Å². The van der Waals surface area contributed by atoms with Crippen LogP contribution in [0, 0.1) is 0 Å². The zero-order chi connectivity index (χ0) is 11.4. The summed E-state index contributed by atoms with van der Waals surface area (Å²) in [5.41, 5.74) is 0.207. The van der Waals surface area contributed by atoms with Gasteiger partial charge in [-0.1, -0.05) is 12.2 Å². The van der Waals surface area contributed by atoms with Crippen LogP contribution >= 0.6 is 0 Å². The number of nitrogens with one attached hydrogen (secondary N) is 1. The molecule has 0 bridgehead atoms. The average molecular weight is 215 g/mol. The van der Waals surface area contributed by atoms with E-state index < -0.39 is 5.91 Å². The number of hydrogen-bond donors (Lipinski definition) is 1. The van der Waals surface area contributed by atoms with Crippen molar-refractivity contribution in [3.63, 3.8) is 0 Å². The molecule has 1 N–H and O–H groups in total. The zero-order valence-electron chi connectivity index (χ0n) is 8.33. The molecule has 2 amide bonds. The summed E-state index contributed by atoms with van der Waals surface area (Å²) in [6.45, 7) is 0. The lowest BCUT2D eigenvalue weighted by Crippen LogP contribution is -2.31. The highest BCUT2D eigenvalue weighted by molar-refractivity contribution is 6.45. The minimum absolute atomic E-state index is 0.207. The lowest BCUT2D eigenvalue weighted by Gasteiger charge is -2.19. The second-order valence-electron chi connectivity index (χ2n) is 3.06. The second kappa shape index (κ2) is 4.39. The molecule has 16 heavy (non-hydrogen) atoms. The lowest BCUT2D eigenvalue weighted by molar-refractivity contribution is -0.120. The monoisotopic (exact) mass is 215 g/mol. The molecule has 0 atom stereocenters. The number of carbonyl (C=O) groups is 2. The van der Waals surface area contributed by atoms with Crippen LogP contribution in [0.15, 0.2) is 53.6 Å². The Hall–Kier alpha value is -2.43. The Morgan fingerprint density at radius 2 is 2.19 bits per heavy atom. The predicted octanol–water partition coefficient (Wildman–Crippen LogP) is 0.454.